The Hall–Kier alpha value is -2.87. The molecular formula is C13H12O8. The van der Waals surface area contributed by atoms with Gasteiger partial charge in [0, 0.05) is 6.08 Å². The molecule has 0 aliphatic rings. The van der Waals surface area contributed by atoms with E-state index in [-0.39, 0.29) is 5.75 Å². The van der Waals surface area contributed by atoms with Crippen LogP contribution in [0.25, 0.3) is 6.08 Å². The number of hydrogen-bond acceptors (Lipinski definition) is 6. The molecule has 0 heterocycles. The summed E-state index contributed by atoms with van der Waals surface area (Å²) in [6.45, 7) is 0. The molecule has 0 saturated carbocycles. The summed E-state index contributed by atoms with van der Waals surface area (Å²) in [5.74, 6) is -4.70. The first-order valence-corrected chi connectivity index (χ1v) is 5.62. The Bertz CT molecular complexity index is 560. The lowest BCUT2D eigenvalue weighted by Crippen LogP contribution is -2.42. The number of carbonyl (C=O) groups excluding carboxylic acids is 1. The number of carboxylic acids is 2. The van der Waals surface area contributed by atoms with Gasteiger partial charge in [-0.2, -0.15) is 0 Å². The zero-order chi connectivity index (χ0) is 16.0. The summed E-state index contributed by atoms with van der Waals surface area (Å²) < 4.78 is 4.37. The van der Waals surface area contributed by atoms with Crippen LogP contribution in [0.1, 0.15) is 5.56 Å². The normalized spacial score (nSPS) is 13.6. The lowest BCUT2D eigenvalue weighted by Gasteiger charge is -2.15. The fraction of sp³-hybridized carbons (Fsp3) is 0.154. The predicted molar refractivity (Wildman–Crippen MR) is 68.3 cm³/mol. The number of phenols is 1. The molecule has 8 heteroatoms. The lowest BCUT2D eigenvalue weighted by atomic mass is 10.2. The predicted octanol–water partition coefficient (Wildman–Crippen LogP) is -0.153. The number of aliphatic hydroxyl groups excluding tert-OH is 1. The van der Waals surface area contributed by atoms with E-state index in [1.807, 2.05) is 0 Å². The summed E-state index contributed by atoms with van der Waals surface area (Å²) in [6.07, 6.45) is -2.43. The van der Waals surface area contributed by atoms with Crippen LogP contribution in [0, 0.1) is 0 Å². The molecule has 0 aliphatic carbocycles. The Morgan fingerprint density at radius 3 is 2.10 bits per heavy atom. The van der Waals surface area contributed by atoms with Gasteiger partial charge in [-0.05, 0) is 23.8 Å². The molecule has 21 heavy (non-hydrogen) atoms. The third-order valence-electron chi connectivity index (χ3n) is 2.33. The Morgan fingerprint density at radius 1 is 1.05 bits per heavy atom. The maximum Gasteiger partial charge on any atom is 0.348 e. The number of aromatic hydroxyl groups is 1. The van der Waals surface area contributed by atoms with Gasteiger partial charge in [-0.3, -0.25) is 0 Å². The number of hydrogen-bond donors (Lipinski definition) is 4. The van der Waals surface area contributed by atoms with Crippen molar-refractivity contribution in [2.75, 3.05) is 0 Å². The Balaban J connectivity index is 2.72. The minimum atomic E-state index is -2.37. The molecule has 0 aromatic heterocycles. The maximum atomic E-state index is 11.4. The van der Waals surface area contributed by atoms with Gasteiger partial charge < -0.3 is 25.2 Å². The van der Waals surface area contributed by atoms with E-state index in [9.17, 15) is 14.4 Å². The van der Waals surface area contributed by atoms with E-state index >= 15 is 0 Å². The van der Waals surface area contributed by atoms with Crippen LogP contribution in [0.3, 0.4) is 0 Å². The first kappa shape index (κ1) is 16.2. The average Bonchev–Trinajstić information content (AvgIpc) is 2.43. The van der Waals surface area contributed by atoms with Gasteiger partial charge in [-0.25, -0.2) is 14.4 Å². The molecule has 1 aromatic rings. The molecule has 2 atom stereocenters. The van der Waals surface area contributed by atoms with Gasteiger partial charge >= 0.3 is 17.9 Å². The Kier molecular flexibility index (Phi) is 5.44. The first-order valence-electron chi connectivity index (χ1n) is 5.62. The van der Waals surface area contributed by atoms with Crippen LogP contribution in [0.2, 0.25) is 0 Å². The number of ether oxygens (including phenoxy) is 1. The molecule has 1 rings (SSSR count). The number of benzene rings is 1. The van der Waals surface area contributed by atoms with Crippen molar-refractivity contribution in [2.45, 2.75) is 12.2 Å². The number of phenolic OH excluding ortho intramolecular Hbond substituents is 1. The van der Waals surface area contributed by atoms with E-state index in [2.05, 4.69) is 4.74 Å². The average molecular weight is 296 g/mol. The molecule has 0 bridgehead atoms. The highest BCUT2D eigenvalue weighted by atomic mass is 16.6. The van der Waals surface area contributed by atoms with E-state index in [0.717, 1.165) is 6.08 Å². The van der Waals surface area contributed by atoms with Crippen LogP contribution in [0.4, 0.5) is 0 Å². The molecule has 112 valence electrons. The summed E-state index contributed by atoms with van der Waals surface area (Å²) in [7, 11) is 0. The highest BCUT2D eigenvalue weighted by molar-refractivity contribution is 5.91. The smallest absolute Gasteiger partial charge is 0.348 e. The summed E-state index contributed by atoms with van der Waals surface area (Å²) in [5.41, 5.74) is 0.524. The van der Waals surface area contributed by atoms with Crippen LogP contribution < -0.4 is 0 Å². The van der Waals surface area contributed by atoms with Crippen LogP contribution in [0.5, 0.6) is 5.75 Å². The Morgan fingerprint density at radius 2 is 1.62 bits per heavy atom. The van der Waals surface area contributed by atoms with Gasteiger partial charge in [0.1, 0.15) is 5.75 Å². The first-order chi connectivity index (χ1) is 9.81. The van der Waals surface area contributed by atoms with Crippen molar-refractivity contribution in [3.05, 3.63) is 35.9 Å². The van der Waals surface area contributed by atoms with Crippen LogP contribution in [-0.2, 0) is 19.1 Å². The summed E-state index contributed by atoms with van der Waals surface area (Å²) in [6, 6.07) is 5.72. The van der Waals surface area contributed by atoms with Crippen molar-refractivity contribution in [2.24, 2.45) is 0 Å². The van der Waals surface area contributed by atoms with E-state index in [1.54, 1.807) is 0 Å². The monoisotopic (exact) mass is 296 g/mol. The SMILES string of the molecule is O=C(/C=C/c1ccc(O)cc1)O[C@@H](C(=O)O)[C@H](O)C(=O)O. The molecule has 0 spiro atoms. The zero-order valence-electron chi connectivity index (χ0n) is 10.5. The van der Waals surface area contributed by atoms with Crippen molar-refractivity contribution >= 4 is 24.0 Å². The molecule has 1 aromatic carbocycles. The largest absolute Gasteiger partial charge is 0.508 e. The van der Waals surface area contributed by atoms with Gasteiger partial charge in [-0.15, -0.1) is 0 Å². The van der Waals surface area contributed by atoms with Gasteiger partial charge in [0.05, 0.1) is 0 Å². The second-order valence-corrected chi connectivity index (χ2v) is 3.90. The van der Waals surface area contributed by atoms with Crippen LogP contribution in [0.15, 0.2) is 30.3 Å². The van der Waals surface area contributed by atoms with Gasteiger partial charge in [0.2, 0.25) is 6.10 Å². The molecular weight excluding hydrogens is 284 g/mol. The molecule has 0 radical (unpaired) electrons. The molecule has 0 saturated heterocycles. The third kappa shape index (κ3) is 4.96. The standard InChI is InChI=1S/C13H12O8/c14-8-4-1-7(2-5-8)3-6-9(15)21-11(13(19)20)10(16)12(17)18/h1-6,10-11,14,16H,(H,17,18)(H,19,20)/b6-3+/t10-,11+/m0/s1. The highest BCUT2D eigenvalue weighted by Gasteiger charge is 2.35. The van der Waals surface area contributed by atoms with E-state index < -0.39 is 30.1 Å². The number of rotatable bonds is 6. The molecule has 0 fully saturated rings. The summed E-state index contributed by atoms with van der Waals surface area (Å²) in [4.78, 5) is 32.6. The molecule has 0 aliphatic heterocycles. The van der Waals surface area contributed by atoms with Crippen LogP contribution in [-0.4, -0.2) is 50.5 Å². The number of esters is 1. The third-order valence-corrected chi connectivity index (χ3v) is 2.33. The number of aliphatic hydroxyl groups is 1. The van der Waals surface area contributed by atoms with Gasteiger partial charge in [0.15, 0.2) is 6.10 Å². The molecule has 4 N–H and O–H groups in total. The quantitative estimate of drug-likeness (QED) is 0.419. The number of carbonyl (C=O) groups is 3. The van der Waals surface area contributed by atoms with Gasteiger partial charge in [-0.1, -0.05) is 12.1 Å². The van der Waals surface area contributed by atoms with Crippen molar-refractivity contribution in [3.63, 3.8) is 0 Å². The van der Waals surface area contributed by atoms with Crippen molar-refractivity contribution < 1.29 is 39.5 Å². The van der Waals surface area contributed by atoms with Crippen molar-refractivity contribution in [1.82, 2.24) is 0 Å². The maximum absolute atomic E-state index is 11.4. The van der Waals surface area contributed by atoms with E-state index in [4.69, 9.17) is 20.4 Å². The van der Waals surface area contributed by atoms with Crippen LogP contribution >= 0.6 is 0 Å². The fourth-order valence-corrected chi connectivity index (χ4v) is 1.29. The Labute approximate surface area is 118 Å². The zero-order valence-corrected chi connectivity index (χ0v) is 10.5. The topological polar surface area (TPSA) is 141 Å². The highest BCUT2D eigenvalue weighted by Crippen LogP contribution is 2.11. The second kappa shape index (κ2) is 7.06. The minimum Gasteiger partial charge on any atom is -0.508 e. The molecule has 8 nitrogen and oxygen atoms in total. The van der Waals surface area contributed by atoms with Crippen molar-refractivity contribution in [3.8, 4) is 5.75 Å². The van der Waals surface area contributed by atoms with Gasteiger partial charge in [0.25, 0.3) is 0 Å². The minimum absolute atomic E-state index is 0.0326. The molecule has 0 amide bonds. The van der Waals surface area contributed by atoms with E-state index in [0.29, 0.717) is 5.56 Å². The number of carboxylic acid groups (broad SMARTS) is 2. The lowest BCUT2D eigenvalue weighted by molar-refractivity contribution is -0.176. The van der Waals surface area contributed by atoms with E-state index in [1.165, 1.54) is 30.3 Å². The molecule has 0 unspecified atom stereocenters. The van der Waals surface area contributed by atoms with Crippen molar-refractivity contribution in [1.29, 1.82) is 0 Å². The fourth-order valence-electron chi connectivity index (χ4n) is 1.29. The summed E-state index contributed by atoms with van der Waals surface area (Å²) in [5, 5.41) is 35.4. The second-order valence-electron chi connectivity index (χ2n) is 3.90. The summed E-state index contributed by atoms with van der Waals surface area (Å²) >= 11 is 0. The number of aliphatic carboxylic acids is 2.